The van der Waals surface area contributed by atoms with Crippen LogP contribution in [0.4, 0.5) is 23.7 Å². The maximum absolute atomic E-state index is 13.8. The molecule has 0 aromatic heterocycles. The molecule has 3 N–H and O–H groups in total. The number of nitrogens with one attached hydrogen (secondary N) is 2. The number of carboxylic acids is 1. The molecule has 2 aliphatic rings. The van der Waals surface area contributed by atoms with E-state index < -0.39 is 44.8 Å². The molecule has 3 amide bonds. The monoisotopic (exact) mass is 667 g/mol. The Bertz CT molecular complexity index is 1490. The molecular weight excluding hydrogens is 627 g/mol. The number of amides is 3. The normalized spacial score (nSPS) is 19.2. The van der Waals surface area contributed by atoms with Gasteiger partial charge in [0.05, 0.1) is 6.42 Å². The number of hydrogen-bond acceptors (Lipinski definition) is 6. The first-order valence-electron chi connectivity index (χ1n) is 15.5. The SMILES string of the molecule is CS(=O)(=O)c1cc(NC(=O)N(Cc2ccc(C(=O)NCCC(=O)O)cc2)C2CCC(C3CCCCC3)CC2)ccc1OC(F)(F)F. The number of carbonyl (C=O) groups excluding carboxylic acids is 2. The number of benzene rings is 2. The van der Waals surface area contributed by atoms with Crippen LogP contribution < -0.4 is 15.4 Å². The van der Waals surface area contributed by atoms with Crippen molar-refractivity contribution in [3.8, 4) is 5.75 Å². The number of nitrogens with zero attached hydrogens (tertiary/aromatic N) is 1. The fourth-order valence-corrected chi connectivity index (χ4v) is 7.30. The van der Waals surface area contributed by atoms with Gasteiger partial charge in [-0.1, -0.05) is 44.2 Å². The molecule has 252 valence electrons. The summed E-state index contributed by atoms with van der Waals surface area (Å²) in [4.78, 5) is 37.8. The van der Waals surface area contributed by atoms with Crippen molar-refractivity contribution in [1.29, 1.82) is 0 Å². The van der Waals surface area contributed by atoms with Crippen molar-refractivity contribution in [2.45, 2.75) is 88.1 Å². The van der Waals surface area contributed by atoms with Gasteiger partial charge in [-0.3, -0.25) is 9.59 Å². The molecule has 2 saturated carbocycles. The van der Waals surface area contributed by atoms with Crippen LogP contribution in [-0.4, -0.2) is 61.5 Å². The highest BCUT2D eigenvalue weighted by atomic mass is 32.2. The van der Waals surface area contributed by atoms with E-state index in [9.17, 15) is 36.0 Å². The Balaban J connectivity index is 1.52. The number of urea groups is 1. The number of carbonyl (C=O) groups is 3. The Morgan fingerprint density at radius 2 is 1.57 bits per heavy atom. The zero-order valence-corrected chi connectivity index (χ0v) is 26.5. The summed E-state index contributed by atoms with van der Waals surface area (Å²) < 4.78 is 67.2. The molecule has 0 aliphatic heterocycles. The summed E-state index contributed by atoms with van der Waals surface area (Å²) in [6.45, 7) is 0.150. The molecule has 0 saturated heterocycles. The van der Waals surface area contributed by atoms with E-state index in [1.54, 1.807) is 29.2 Å². The van der Waals surface area contributed by atoms with E-state index in [0.717, 1.165) is 55.7 Å². The second-order valence-corrected chi connectivity index (χ2v) is 14.1. The van der Waals surface area contributed by atoms with Gasteiger partial charge in [-0.2, -0.15) is 0 Å². The third-order valence-corrected chi connectivity index (χ3v) is 9.89. The van der Waals surface area contributed by atoms with Crippen molar-refractivity contribution in [3.63, 3.8) is 0 Å². The smallest absolute Gasteiger partial charge is 0.481 e. The maximum Gasteiger partial charge on any atom is 0.573 e. The molecule has 0 unspecified atom stereocenters. The molecule has 0 spiro atoms. The van der Waals surface area contributed by atoms with Crippen LogP contribution in [0.3, 0.4) is 0 Å². The van der Waals surface area contributed by atoms with E-state index in [1.165, 1.54) is 32.1 Å². The number of alkyl halides is 3. The molecule has 0 heterocycles. The molecule has 46 heavy (non-hydrogen) atoms. The van der Waals surface area contributed by atoms with Gasteiger partial charge in [0.25, 0.3) is 5.91 Å². The van der Waals surface area contributed by atoms with Crippen molar-refractivity contribution in [1.82, 2.24) is 10.2 Å². The van der Waals surface area contributed by atoms with Gasteiger partial charge in [0, 0.05) is 36.6 Å². The maximum atomic E-state index is 13.8. The van der Waals surface area contributed by atoms with E-state index >= 15 is 0 Å². The largest absolute Gasteiger partial charge is 0.573 e. The first-order valence-corrected chi connectivity index (χ1v) is 17.3. The average molecular weight is 668 g/mol. The number of halogens is 3. The summed E-state index contributed by atoms with van der Waals surface area (Å²) in [7, 11) is -4.14. The summed E-state index contributed by atoms with van der Waals surface area (Å²) >= 11 is 0. The van der Waals surface area contributed by atoms with Crippen molar-refractivity contribution >= 4 is 33.4 Å². The lowest BCUT2D eigenvalue weighted by Gasteiger charge is -2.40. The fourth-order valence-electron chi connectivity index (χ4n) is 6.48. The molecule has 2 aromatic rings. The van der Waals surface area contributed by atoms with Gasteiger partial charge in [-0.05, 0) is 73.4 Å². The Labute approximate surface area is 266 Å². The second kappa shape index (κ2) is 15.2. The van der Waals surface area contributed by atoms with Crippen LogP contribution in [-0.2, 0) is 21.2 Å². The lowest BCUT2D eigenvalue weighted by atomic mass is 9.72. The van der Waals surface area contributed by atoms with Crippen LogP contribution in [0.1, 0.15) is 80.1 Å². The molecule has 4 rings (SSSR count). The molecule has 10 nitrogen and oxygen atoms in total. The number of anilines is 1. The van der Waals surface area contributed by atoms with E-state index in [1.807, 2.05) is 0 Å². The first-order chi connectivity index (χ1) is 21.7. The van der Waals surface area contributed by atoms with Crippen LogP contribution >= 0.6 is 0 Å². The summed E-state index contributed by atoms with van der Waals surface area (Å²) in [6, 6.07) is 8.85. The van der Waals surface area contributed by atoms with Crippen LogP contribution in [0.2, 0.25) is 0 Å². The first kappa shape index (κ1) is 35.1. The summed E-state index contributed by atoms with van der Waals surface area (Å²) in [6.07, 6.45) is 5.14. The Morgan fingerprint density at radius 1 is 0.935 bits per heavy atom. The second-order valence-electron chi connectivity index (χ2n) is 12.1. The third-order valence-electron chi connectivity index (χ3n) is 8.77. The van der Waals surface area contributed by atoms with Crippen molar-refractivity contribution in [2.75, 3.05) is 18.1 Å². The fraction of sp³-hybridized carbons (Fsp3) is 0.531. The van der Waals surface area contributed by atoms with Crippen molar-refractivity contribution < 1.29 is 45.8 Å². The zero-order valence-electron chi connectivity index (χ0n) is 25.6. The summed E-state index contributed by atoms with van der Waals surface area (Å²) in [5, 5.41) is 14.0. The van der Waals surface area contributed by atoms with Gasteiger partial charge in [0.2, 0.25) is 0 Å². The van der Waals surface area contributed by atoms with Crippen LogP contribution in [0.5, 0.6) is 5.75 Å². The lowest BCUT2D eigenvalue weighted by Crippen LogP contribution is -2.44. The molecule has 2 aromatic carbocycles. The summed E-state index contributed by atoms with van der Waals surface area (Å²) in [5.74, 6) is -1.06. The molecule has 2 fully saturated rings. The van der Waals surface area contributed by atoms with Crippen LogP contribution in [0.15, 0.2) is 47.4 Å². The summed E-state index contributed by atoms with van der Waals surface area (Å²) in [5.41, 5.74) is 1.04. The topological polar surface area (TPSA) is 142 Å². The number of sulfone groups is 1. The quantitative estimate of drug-likeness (QED) is 0.253. The Kier molecular flexibility index (Phi) is 11.6. The standard InChI is InChI=1S/C32H40F3N3O7S/c1-46(43,44)28-19-25(13-16-27(28)45-32(33,34)35)37-31(42)38(26-14-11-23(12-15-26)22-5-3-2-4-6-22)20-21-7-9-24(10-8-21)30(41)36-18-17-29(39)40/h7-10,13,16,19,22-23,26H,2-6,11-12,14-15,17-18,20H2,1H3,(H,36,41)(H,37,42)(H,39,40). The van der Waals surface area contributed by atoms with Gasteiger partial charge < -0.3 is 25.4 Å². The molecule has 0 atom stereocenters. The van der Waals surface area contributed by atoms with Gasteiger partial charge in [-0.25, -0.2) is 13.2 Å². The number of ether oxygens (including phenoxy) is 1. The minimum atomic E-state index is -5.10. The highest BCUT2D eigenvalue weighted by Crippen LogP contribution is 2.40. The minimum absolute atomic E-state index is 0.00535. The third kappa shape index (κ3) is 10.1. The average Bonchev–Trinajstić information content (AvgIpc) is 3.00. The molecule has 14 heteroatoms. The predicted octanol–water partition coefficient (Wildman–Crippen LogP) is 6.37. The van der Waals surface area contributed by atoms with Crippen molar-refractivity contribution in [3.05, 3.63) is 53.6 Å². The predicted molar refractivity (Wildman–Crippen MR) is 164 cm³/mol. The Hall–Kier alpha value is -3.81. The zero-order chi connectivity index (χ0) is 33.5. The van der Waals surface area contributed by atoms with E-state index in [0.29, 0.717) is 17.4 Å². The lowest BCUT2D eigenvalue weighted by molar-refractivity contribution is -0.275. The van der Waals surface area contributed by atoms with Crippen LogP contribution in [0.25, 0.3) is 0 Å². The number of carboxylic acid groups (broad SMARTS) is 1. The number of rotatable bonds is 11. The van der Waals surface area contributed by atoms with E-state index in [-0.39, 0.29) is 31.2 Å². The minimum Gasteiger partial charge on any atom is -0.481 e. The number of hydrogen-bond donors (Lipinski definition) is 3. The number of aliphatic carboxylic acids is 1. The molecule has 0 radical (unpaired) electrons. The molecular formula is C32H40F3N3O7S. The van der Waals surface area contributed by atoms with Gasteiger partial charge in [-0.15, -0.1) is 13.2 Å². The molecule has 2 aliphatic carbocycles. The highest BCUT2D eigenvalue weighted by molar-refractivity contribution is 7.90. The van der Waals surface area contributed by atoms with Gasteiger partial charge in [0.1, 0.15) is 10.6 Å². The molecule has 0 bridgehead atoms. The highest BCUT2D eigenvalue weighted by Gasteiger charge is 2.35. The van der Waals surface area contributed by atoms with E-state index in [2.05, 4.69) is 15.4 Å². The van der Waals surface area contributed by atoms with E-state index in [4.69, 9.17) is 5.11 Å². The van der Waals surface area contributed by atoms with Gasteiger partial charge in [0.15, 0.2) is 9.84 Å². The van der Waals surface area contributed by atoms with Crippen LogP contribution in [0, 0.1) is 11.8 Å². The Morgan fingerprint density at radius 3 is 2.15 bits per heavy atom. The van der Waals surface area contributed by atoms with Crippen molar-refractivity contribution in [2.24, 2.45) is 11.8 Å². The van der Waals surface area contributed by atoms with Gasteiger partial charge >= 0.3 is 18.4 Å².